The molecule has 1 rings (SSSR count). The number of carbonyl (C=O) groups excluding carboxylic acids is 3. The molecule has 4 unspecified atom stereocenters. The van der Waals surface area contributed by atoms with Gasteiger partial charge in [-0.3, -0.25) is 37.0 Å². The highest BCUT2D eigenvalue weighted by atomic mass is 32.2. The average Bonchev–Trinajstić information content (AvgIpc) is 3.24. The molecule has 0 aromatic carbocycles. The van der Waals surface area contributed by atoms with Crippen molar-refractivity contribution in [2.75, 3.05) is 19.0 Å². The molecule has 28 heteroatoms. The summed E-state index contributed by atoms with van der Waals surface area (Å²) in [4.78, 5) is 104. The number of phosphoric acid groups is 4. The fourth-order valence-corrected chi connectivity index (χ4v) is 11.0. The van der Waals surface area contributed by atoms with Crippen LogP contribution in [0.25, 0.3) is 0 Å². The zero-order valence-electron chi connectivity index (χ0n) is 40.0. The number of rotatable bonds is 42. The number of carbonyl (C=O) groups is 3. The van der Waals surface area contributed by atoms with Crippen molar-refractivity contribution in [3.8, 4) is 0 Å². The molecule has 0 aromatic rings. The van der Waals surface area contributed by atoms with E-state index in [9.17, 15) is 77.1 Å². The Balaban J connectivity index is 2.89. The first-order chi connectivity index (χ1) is 32.4. The molecule has 0 heterocycles. The first-order valence-corrected chi connectivity index (χ1v) is 31.2. The van der Waals surface area contributed by atoms with Gasteiger partial charge in [0.2, 0.25) is 0 Å². The Bertz CT molecular complexity index is 1590. The van der Waals surface area contributed by atoms with Gasteiger partial charge in [-0.25, -0.2) is 18.3 Å². The number of esters is 2. The van der Waals surface area contributed by atoms with Crippen LogP contribution in [-0.4, -0.2) is 123 Å². The monoisotopic (exact) mass is 1100 g/mol. The van der Waals surface area contributed by atoms with Gasteiger partial charge in [0.15, 0.2) is 11.2 Å². The molecule has 69 heavy (non-hydrogen) atoms. The lowest BCUT2D eigenvalue weighted by Gasteiger charge is -2.45. The molecule has 0 bridgehead atoms. The van der Waals surface area contributed by atoms with E-state index in [2.05, 4.69) is 20.5 Å². The molecule has 0 aromatic heterocycles. The molecule has 0 amide bonds. The maximum atomic E-state index is 13.3. The van der Waals surface area contributed by atoms with Crippen LogP contribution in [0.4, 0.5) is 0 Å². The van der Waals surface area contributed by atoms with E-state index in [-0.39, 0.29) is 18.0 Å². The third-order valence-corrected chi connectivity index (χ3v) is 14.5. The molecule has 0 saturated heterocycles. The summed E-state index contributed by atoms with van der Waals surface area (Å²) in [5, 5.41) is 22.1. The summed E-state index contributed by atoms with van der Waals surface area (Å²) in [5.74, 6) is -0.590. The van der Waals surface area contributed by atoms with E-state index in [1.807, 2.05) is 6.92 Å². The van der Waals surface area contributed by atoms with Crippen LogP contribution < -0.4 is 0 Å². The minimum atomic E-state index is -5.79. The highest BCUT2D eigenvalue weighted by Gasteiger charge is 2.59. The lowest BCUT2D eigenvalue weighted by atomic mass is 9.85. The van der Waals surface area contributed by atoms with Gasteiger partial charge in [-0.15, -0.1) is 0 Å². The number of aliphatic hydroxyl groups is 2. The molecule has 408 valence electrons. The van der Waals surface area contributed by atoms with Crippen LogP contribution in [0.1, 0.15) is 181 Å². The second kappa shape index (κ2) is 36.3. The molecule has 8 atom stereocenters. The van der Waals surface area contributed by atoms with Gasteiger partial charge in [0.05, 0.1) is 6.61 Å². The van der Waals surface area contributed by atoms with Crippen LogP contribution in [-0.2, 0) is 64.7 Å². The maximum Gasteiger partial charge on any atom is 0.472 e. The Morgan fingerprint density at radius 3 is 1.28 bits per heavy atom. The fraction of sp³-hybridized carbons (Fsp3) is 0.927. The first kappa shape index (κ1) is 66.3. The molecular weight excluding hydrogens is 1020 g/mol. The van der Waals surface area contributed by atoms with E-state index < -0.39 is 99.2 Å². The summed E-state index contributed by atoms with van der Waals surface area (Å²) >= 11 is 1.40. The summed E-state index contributed by atoms with van der Waals surface area (Å²) in [7, 11) is -23.0. The van der Waals surface area contributed by atoms with Crippen molar-refractivity contribution in [3.05, 3.63) is 0 Å². The van der Waals surface area contributed by atoms with E-state index in [1.165, 1.54) is 56.7 Å². The van der Waals surface area contributed by atoms with Gasteiger partial charge in [0.1, 0.15) is 43.2 Å². The Hall–Kier alpha value is -0.680. The second-order valence-electron chi connectivity index (χ2n) is 17.2. The summed E-state index contributed by atoms with van der Waals surface area (Å²) < 4.78 is 82.1. The first-order valence-electron chi connectivity index (χ1n) is 24.1. The molecule has 0 spiro atoms. The van der Waals surface area contributed by atoms with E-state index in [0.29, 0.717) is 19.3 Å². The lowest BCUT2D eigenvalue weighted by molar-refractivity contribution is -0.209. The standard InChI is InChI=1S/C41H80O23P4S/c1-3-5-6-7-8-9-10-11-12-14-18-21-24-28-34(43)60-32(30-58-33(42)27-23-20-17-15-13-16-19-22-25-29-69-35(44)26-4-2)31-59-68(56,57)64-38-36(45)39(61-65(47,48)49)41(63-67(53,54)55)40(37(38)46)62-66(50,51)52/h32,36-41,45-46H,3-31H2,1-2H3,(H,56,57)(H2,47,48,49)(H2,50,51,52)(H2,53,54,55)/t32-,36+,37?,38?,39+,40-,41?/m1/s1. The third kappa shape index (κ3) is 34.4. The van der Waals surface area contributed by atoms with E-state index in [0.717, 1.165) is 95.6 Å². The minimum Gasteiger partial charge on any atom is -0.462 e. The normalized spacial score (nSPS) is 21.4. The number of aliphatic hydroxyl groups excluding tert-OH is 2. The van der Waals surface area contributed by atoms with Gasteiger partial charge in [0, 0.05) is 25.0 Å². The molecule has 23 nitrogen and oxygen atoms in total. The Kier molecular flexibility index (Phi) is 34.9. The zero-order chi connectivity index (χ0) is 51.9. The molecule has 1 aliphatic rings. The maximum absolute atomic E-state index is 13.3. The molecule has 1 aliphatic carbocycles. The highest BCUT2D eigenvalue weighted by molar-refractivity contribution is 8.13. The largest absolute Gasteiger partial charge is 0.472 e. The van der Waals surface area contributed by atoms with Crippen molar-refractivity contribution in [2.45, 2.75) is 224 Å². The van der Waals surface area contributed by atoms with Crippen LogP contribution >= 0.6 is 43.1 Å². The summed E-state index contributed by atoms with van der Waals surface area (Å²) in [6.07, 6.45) is 5.61. The van der Waals surface area contributed by atoms with Crippen LogP contribution in [0.5, 0.6) is 0 Å². The average molecular weight is 1100 g/mol. The quantitative estimate of drug-likeness (QED) is 0.0162. The third-order valence-electron chi connectivity index (χ3n) is 10.9. The van der Waals surface area contributed by atoms with Gasteiger partial charge in [-0.1, -0.05) is 148 Å². The molecule has 1 fully saturated rings. The Morgan fingerprint density at radius 2 is 0.855 bits per heavy atom. The molecule has 1 saturated carbocycles. The van der Waals surface area contributed by atoms with Crippen molar-refractivity contribution in [1.82, 2.24) is 0 Å². The predicted octanol–water partition coefficient (Wildman–Crippen LogP) is 7.55. The molecule has 0 radical (unpaired) electrons. The predicted molar refractivity (Wildman–Crippen MR) is 253 cm³/mol. The highest BCUT2D eigenvalue weighted by Crippen LogP contribution is 2.53. The Labute approximate surface area is 410 Å². The van der Waals surface area contributed by atoms with Crippen LogP contribution in [0.15, 0.2) is 0 Å². The van der Waals surface area contributed by atoms with E-state index in [4.69, 9.17) is 18.5 Å². The number of thioether (sulfide) groups is 1. The van der Waals surface area contributed by atoms with Crippen LogP contribution in [0.2, 0.25) is 0 Å². The van der Waals surface area contributed by atoms with E-state index in [1.54, 1.807) is 0 Å². The van der Waals surface area contributed by atoms with Gasteiger partial charge in [0.25, 0.3) is 0 Å². The zero-order valence-corrected chi connectivity index (χ0v) is 44.4. The van der Waals surface area contributed by atoms with Crippen LogP contribution in [0, 0.1) is 0 Å². The lowest BCUT2D eigenvalue weighted by Crippen LogP contribution is -2.65. The second-order valence-corrected chi connectivity index (χ2v) is 23.3. The number of hydrogen-bond acceptors (Lipinski definition) is 17. The van der Waals surface area contributed by atoms with Crippen LogP contribution in [0.3, 0.4) is 0 Å². The van der Waals surface area contributed by atoms with Crippen molar-refractivity contribution >= 4 is 60.1 Å². The summed E-state index contributed by atoms with van der Waals surface area (Å²) in [6, 6.07) is 0. The smallest absolute Gasteiger partial charge is 0.462 e. The summed E-state index contributed by atoms with van der Waals surface area (Å²) in [5.41, 5.74) is 0. The number of hydrogen-bond donors (Lipinski definition) is 9. The van der Waals surface area contributed by atoms with Crippen molar-refractivity contribution in [3.63, 3.8) is 0 Å². The number of unbranched alkanes of at least 4 members (excludes halogenated alkanes) is 20. The summed E-state index contributed by atoms with van der Waals surface area (Å²) in [6.45, 7) is 2.50. The van der Waals surface area contributed by atoms with E-state index >= 15 is 0 Å². The van der Waals surface area contributed by atoms with Gasteiger partial charge < -0.3 is 53.9 Å². The minimum absolute atomic E-state index is 0.0103. The fourth-order valence-electron chi connectivity index (χ4n) is 7.46. The topological polar surface area (TPSA) is 366 Å². The van der Waals surface area contributed by atoms with Gasteiger partial charge in [-0.05, 0) is 25.7 Å². The molecule has 9 N–H and O–H groups in total. The van der Waals surface area contributed by atoms with Gasteiger partial charge >= 0.3 is 43.2 Å². The number of phosphoric ester groups is 4. The van der Waals surface area contributed by atoms with Crippen molar-refractivity contribution in [2.24, 2.45) is 0 Å². The SMILES string of the molecule is CCCCCCCCCCCCCCCC(=O)O[C@H](COC(=O)CCCCCCCCCCCSC(=O)CCC)COP(=O)(O)OC1C(O)[C@@H](OP(=O)(O)O)C(OP(=O)(O)O)[C@@H](OP(=O)(O)O)[C@H]1O. The molecule has 0 aliphatic heterocycles. The number of ether oxygens (including phenoxy) is 2. The van der Waals surface area contributed by atoms with Crippen molar-refractivity contribution in [1.29, 1.82) is 0 Å². The Morgan fingerprint density at radius 1 is 0.464 bits per heavy atom. The molecular formula is C41H80O23P4S. The van der Waals surface area contributed by atoms with Gasteiger partial charge in [-0.2, -0.15) is 0 Å². The van der Waals surface area contributed by atoms with Crippen molar-refractivity contribution < 1.29 is 109 Å².